The second-order valence-corrected chi connectivity index (χ2v) is 8.32. The average Bonchev–Trinajstić information content (AvgIpc) is 3.44. The van der Waals surface area contributed by atoms with E-state index in [1.54, 1.807) is 24.3 Å². The Morgan fingerprint density at radius 1 is 1.12 bits per heavy atom. The van der Waals surface area contributed by atoms with Gasteiger partial charge in [0.15, 0.2) is 0 Å². The Morgan fingerprint density at radius 3 is 2.35 bits per heavy atom. The Hall–Kier alpha value is -2.38. The van der Waals surface area contributed by atoms with Crippen molar-refractivity contribution in [3.05, 3.63) is 60.2 Å². The Kier molecular flexibility index (Phi) is 5.58. The maximum Gasteiger partial charge on any atom is 0.239 e. The predicted octanol–water partition coefficient (Wildman–Crippen LogP) is 2.63. The SMILES string of the molecule is CS(=O)(=O)N(CC(=O)Nc1ccc(OCc2ccccc2)cc1)C1CC1. The highest BCUT2D eigenvalue weighted by atomic mass is 32.2. The number of ether oxygens (including phenoxy) is 1. The van der Waals surface area contributed by atoms with Crippen molar-refractivity contribution in [2.24, 2.45) is 0 Å². The molecule has 1 aliphatic rings. The third-order valence-corrected chi connectivity index (χ3v) is 5.35. The van der Waals surface area contributed by atoms with Crippen LogP contribution < -0.4 is 10.1 Å². The molecule has 7 heteroatoms. The molecule has 0 unspecified atom stereocenters. The monoisotopic (exact) mass is 374 g/mol. The summed E-state index contributed by atoms with van der Waals surface area (Å²) in [7, 11) is -3.38. The first-order chi connectivity index (χ1) is 12.4. The minimum absolute atomic E-state index is 0.0375. The number of rotatable bonds is 8. The molecule has 0 aliphatic heterocycles. The largest absolute Gasteiger partial charge is 0.489 e. The van der Waals surface area contributed by atoms with Gasteiger partial charge in [0.25, 0.3) is 0 Å². The molecule has 0 heterocycles. The van der Waals surface area contributed by atoms with Crippen LogP contribution >= 0.6 is 0 Å². The number of benzene rings is 2. The normalized spacial score (nSPS) is 14.2. The van der Waals surface area contributed by atoms with Crippen LogP contribution in [0.1, 0.15) is 18.4 Å². The summed E-state index contributed by atoms with van der Waals surface area (Å²) in [4.78, 5) is 12.1. The van der Waals surface area contributed by atoms with Crippen molar-refractivity contribution in [3.63, 3.8) is 0 Å². The zero-order valence-corrected chi connectivity index (χ0v) is 15.4. The molecule has 0 aromatic heterocycles. The molecule has 0 saturated heterocycles. The van der Waals surface area contributed by atoms with Gasteiger partial charge >= 0.3 is 0 Å². The van der Waals surface area contributed by atoms with Gasteiger partial charge in [-0.3, -0.25) is 4.79 Å². The van der Waals surface area contributed by atoms with Crippen molar-refractivity contribution in [2.45, 2.75) is 25.5 Å². The van der Waals surface area contributed by atoms with E-state index in [0.29, 0.717) is 18.0 Å². The van der Waals surface area contributed by atoms with Crippen LogP contribution in [0.4, 0.5) is 5.69 Å². The maximum atomic E-state index is 12.1. The summed E-state index contributed by atoms with van der Waals surface area (Å²) in [6.45, 7) is 0.313. The fourth-order valence-electron chi connectivity index (χ4n) is 2.60. The van der Waals surface area contributed by atoms with Gasteiger partial charge in [-0.05, 0) is 42.7 Å². The highest BCUT2D eigenvalue weighted by molar-refractivity contribution is 7.88. The molecule has 2 aromatic rings. The lowest BCUT2D eigenvalue weighted by atomic mass is 10.2. The van der Waals surface area contributed by atoms with Gasteiger partial charge in [0.2, 0.25) is 15.9 Å². The zero-order chi connectivity index (χ0) is 18.6. The molecular formula is C19H22N2O4S. The molecule has 1 N–H and O–H groups in total. The van der Waals surface area contributed by atoms with Crippen LogP contribution in [0.15, 0.2) is 54.6 Å². The molecule has 0 atom stereocenters. The van der Waals surface area contributed by atoms with E-state index in [2.05, 4.69) is 5.32 Å². The second-order valence-electron chi connectivity index (χ2n) is 6.39. The lowest BCUT2D eigenvalue weighted by molar-refractivity contribution is -0.116. The van der Waals surface area contributed by atoms with Gasteiger partial charge in [-0.25, -0.2) is 8.42 Å². The van der Waals surface area contributed by atoms with Gasteiger partial charge in [-0.1, -0.05) is 30.3 Å². The maximum absolute atomic E-state index is 12.1. The van der Waals surface area contributed by atoms with Crippen molar-refractivity contribution in [3.8, 4) is 5.75 Å². The Bertz CT molecular complexity index is 847. The van der Waals surface area contributed by atoms with E-state index >= 15 is 0 Å². The molecule has 1 aliphatic carbocycles. The minimum Gasteiger partial charge on any atom is -0.489 e. The quantitative estimate of drug-likeness (QED) is 0.771. The first kappa shape index (κ1) is 18.4. The van der Waals surface area contributed by atoms with Gasteiger partial charge in [-0.2, -0.15) is 4.31 Å². The first-order valence-electron chi connectivity index (χ1n) is 8.45. The summed E-state index contributed by atoms with van der Waals surface area (Å²) >= 11 is 0. The number of amides is 1. The van der Waals surface area contributed by atoms with Gasteiger partial charge in [0.05, 0.1) is 12.8 Å². The van der Waals surface area contributed by atoms with Crippen molar-refractivity contribution >= 4 is 21.6 Å². The standard InChI is InChI=1S/C19H22N2O4S/c1-26(23,24)21(17-9-10-17)13-19(22)20-16-7-11-18(12-8-16)25-14-15-5-3-2-4-6-15/h2-8,11-12,17H,9-10,13-14H2,1H3,(H,20,22). The first-order valence-corrected chi connectivity index (χ1v) is 10.3. The van der Waals surface area contributed by atoms with Gasteiger partial charge < -0.3 is 10.1 Å². The fraction of sp³-hybridized carbons (Fsp3) is 0.316. The van der Waals surface area contributed by atoms with Gasteiger partial charge in [-0.15, -0.1) is 0 Å². The number of anilines is 1. The van der Waals surface area contributed by atoms with E-state index in [1.165, 1.54) is 4.31 Å². The third kappa shape index (κ3) is 5.31. The number of hydrogen-bond donors (Lipinski definition) is 1. The highest BCUT2D eigenvalue weighted by Crippen LogP contribution is 2.28. The van der Waals surface area contributed by atoms with Gasteiger partial charge in [0.1, 0.15) is 12.4 Å². The van der Waals surface area contributed by atoms with Crippen LogP contribution in [-0.4, -0.2) is 37.5 Å². The van der Waals surface area contributed by atoms with Crippen molar-refractivity contribution in [1.29, 1.82) is 0 Å². The molecule has 3 rings (SSSR count). The summed E-state index contributed by atoms with van der Waals surface area (Å²) in [5.41, 5.74) is 1.68. The Balaban J connectivity index is 1.52. The van der Waals surface area contributed by atoms with Crippen molar-refractivity contribution in [2.75, 3.05) is 18.1 Å². The van der Waals surface area contributed by atoms with E-state index in [1.807, 2.05) is 30.3 Å². The van der Waals surface area contributed by atoms with Crippen molar-refractivity contribution in [1.82, 2.24) is 4.31 Å². The molecule has 2 aromatic carbocycles. The summed E-state index contributed by atoms with van der Waals surface area (Å²) in [6, 6.07) is 16.8. The smallest absolute Gasteiger partial charge is 0.239 e. The molecule has 1 saturated carbocycles. The van der Waals surface area contributed by atoms with Crippen LogP contribution in [0.5, 0.6) is 5.75 Å². The Labute approximate surface area is 153 Å². The molecule has 1 fully saturated rings. The minimum atomic E-state index is -3.38. The molecule has 26 heavy (non-hydrogen) atoms. The number of nitrogens with one attached hydrogen (secondary N) is 1. The van der Waals surface area contributed by atoms with E-state index in [9.17, 15) is 13.2 Å². The molecule has 138 valence electrons. The number of hydrogen-bond acceptors (Lipinski definition) is 4. The van der Waals surface area contributed by atoms with Crippen LogP contribution in [-0.2, 0) is 21.4 Å². The Morgan fingerprint density at radius 2 is 1.77 bits per heavy atom. The zero-order valence-electron chi connectivity index (χ0n) is 14.6. The van der Waals surface area contributed by atoms with E-state index in [0.717, 1.165) is 24.7 Å². The summed E-state index contributed by atoms with van der Waals surface area (Å²) in [6.07, 6.45) is 2.76. The highest BCUT2D eigenvalue weighted by Gasteiger charge is 2.36. The summed E-state index contributed by atoms with van der Waals surface area (Å²) < 4.78 is 30.5. The predicted molar refractivity (Wildman–Crippen MR) is 100 cm³/mol. The summed E-state index contributed by atoms with van der Waals surface area (Å²) in [5.74, 6) is 0.350. The molecule has 1 amide bonds. The molecule has 0 spiro atoms. The van der Waals surface area contributed by atoms with Crippen LogP contribution in [0.25, 0.3) is 0 Å². The van der Waals surface area contributed by atoms with E-state index in [-0.39, 0.29) is 18.5 Å². The number of carbonyl (C=O) groups is 1. The second kappa shape index (κ2) is 7.88. The van der Waals surface area contributed by atoms with E-state index in [4.69, 9.17) is 4.74 Å². The number of sulfonamides is 1. The molecule has 6 nitrogen and oxygen atoms in total. The van der Waals surface area contributed by atoms with Crippen LogP contribution in [0.3, 0.4) is 0 Å². The molecular weight excluding hydrogens is 352 g/mol. The fourth-order valence-corrected chi connectivity index (χ4v) is 3.70. The van der Waals surface area contributed by atoms with E-state index < -0.39 is 10.0 Å². The van der Waals surface area contributed by atoms with Gasteiger partial charge in [0, 0.05) is 11.7 Å². The molecule has 0 bridgehead atoms. The third-order valence-electron chi connectivity index (χ3n) is 4.07. The van der Waals surface area contributed by atoms with Crippen LogP contribution in [0, 0.1) is 0 Å². The average molecular weight is 374 g/mol. The lowest BCUT2D eigenvalue weighted by Gasteiger charge is -2.18. The van der Waals surface area contributed by atoms with Crippen molar-refractivity contribution < 1.29 is 17.9 Å². The van der Waals surface area contributed by atoms with Crippen LogP contribution in [0.2, 0.25) is 0 Å². The topological polar surface area (TPSA) is 75.7 Å². The lowest BCUT2D eigenvalue weighted by Crippen LogP contribution is -2.38. The number of nitrogens with zero attached hydrogens (tertiary/aromatic N) is 1. The molecule has 0 radical (unpaired) electrons. The summed E-state index contributed by atoms with van der Waals surface area (Å²) in [5, 5.41) is 2.73. The number of carbonyl (C=O) groups excluding carboxylic acids is 1.